The number of H-pyrrole nitrogens is 1. The Morgan fingerprint density at radius 2 is 1.78 bits per heavy atom. The maximum absolute atomic E-state index is 13.3. The maximum Gasteiger partial charge on any atom is 0.432 e. The number of hydrogen-bond donors (Lipinski definition) is 1. The minimum Gasteiger partial charge on any atom is -0.497 e. The van der Waals surface area contributed by atoms with Crippen LogP contribution in [0.1, 0.15) is 21.6 Å². The molecule has 3 nitrogen and oxygen atoms in total. The highest BCUT2D eigenvalue weighted by molar-refractivity contribution is 6.17. The zero-order chi connectivity index (χ0) is 16.6. The third-order valence-electron chi connectivity index (χ3n) is 3.55. The molecule has 0 aliphatic heterocycles. The minimum absolute atomic E-state index is 0.203. The molecule has 1 N–H and O–H groups in total. The SMILES string of the molecule is COc1ccc2c(C(=O)c3ccccc3)c(C(F)(F)F)[nH]c2c1. The fourth-order valence-corrected chi connectivity index (χ4v) is 2.49. The molecule has 0 aliphatic rings. The number of nitrogens with one attached hydrogen (secondary N) is 1. The van der Waals surface area contributed by atoms with Gasteiger partial charge in [0.15, 0.2) is 5.78 Å². The molecule has 0 atom stereocenters. The summed E-state index contributed by atoms with van der Waals surface area (Å²) in [6.45, 7) is 0. The number of carbonyl (C=O) groups excluding carboxylic acids is 1. The first-order valence-corrected chi connectivity index (χ1v) is 6.78. The van der Waals surface area contributed by atoms with Crippen LogP contribution in [0.5, 0.6) is 5.75 Å². The van der Waals surface area contributed by atoms with Crippen LogP contribution in [-0.4, -0.2) is 17.9 Å². The predicted octanol–water partition coefficient (Wildman–Crippen LogP) is 4.43. The van der Waals surface area contributed by atoms with Crippen LogP contribution in [0.4, 0.5) is 13.2 Å². The van der Waals surface area contributed by atoms with Crippen molar-refractivity contribution in [3.8, 4) is 5.75 Å². The average molecular weight is 319 g/mol. The second-order valence-corrected chi connectivity index (χ2v) is 4.98. The molecule has 1 aromatic heterocycles. The van der Waals surface area contributed by atoms with Crippen LogP contribution in [0, 0.1) is 0 Å². The molecule has 0 saturated carbocycles. The molecular weight excluding hydrogens is 307 g/mol. The molecule has 0 fully saturated rings. The Morgan fingerprint density at radius 3 is 2.39 bits per heavy atom. The number of ketones is 1. The minimum atomic E-state index is -4.66. The monoisotopic (exact) mass is 319 g/mol. The van der Waals surface area contributed by atoms with Crippen LogP contribution in [0.15, 0.2) is 48.5 Å². The summed E-state index contributed by atoms with van der Waals surface area (Å²) in [6.07, 6.45) is -4.66. The van der Waals surface area contributed by atoms with Gasteiger partial charge in [-0.3, -0.25) is 4.79 Å². The molecule has 0 amide bonds. The van der Waals surface area contributed by atoms with Gasteiger partial charge >= 0.3 is 6.18 Å². The molecule has 2 aromatic carbocycles. The molecule has 0 unspecified atom stereocenters. The normalized spacial score (nSPS) is 11.7. The van der Waals surface area contributed by atoms with E-state index in [1.54, 1.807) is 18.2 Å². The van der Waals surface area contributed by atoms with E-state index in [-0.39, 0.29) is 22.0 Å². The smallest absolute Gasteiger partial charge is 0.432 e. The zero-order valence-corrected chi connectivity index (χ0v) is 12.1. The van der Waals surface area contributed by atoms with E-state index in [9.17, 15) is 18.0 Å². The molecule has 1 heterocycles. The number of carbonyl (C=O) groups is 1. The Balaban J connectivity index is 2.27. The summed E-state index contributed by atoms with van der Waals surface area (Å²) >= 11 is 0. The van der Waals surface area contributed by atoms with Crippen molar-refractivity contribution in [3.05, 3.63) is 65.4 Å². The standard InChI is InChI=1S/C17H12F3NO2/c1-23-11-7-8-12-13(9-11)21-16(17(18,19)20)14(12)15(22)10-5-3-2-4-6-10/h2-9,21H,1H3. The number of methoxy groups -OCH3 is 1. The van der Waals surface area contributed by atoms with Gasteiger partial charge in [-0.25, -0.2) is 0 Å². The van der Waals surface area contributed by atoms with E-state index >= 15 is 0 Å². The van der Waals surface area contributed by atoms with Crippen molar-refractivity contribution in [3.63, 3.8) is 0 Å². The van der Waals surface area contributed by atoms with E-state index in [4.69, 9.17) is 4.74 Å². The highest BCUT2D eigenvalue weighted by Crippen LogP contribution is 2.37. The highest BCUT2D eigenvalue weighted by atomic mass is 19.4. The van der Waals surface area contributed by atoms with Gasteiger partial charge in [-0.1, -0.05) is 30.3 Å². The quantitative estimate of drug-likeness (QED) is 0.726. The van der Waals surface area contributed by atoms with Crippen molar-refractivity contribution in [2.75, 3.05) is 7.11 Å². The average Bonchev–Trinajstić information content (AvgIpc) is 2.93. The Morgan fingerprint density at radius 1 is 1.09 bits per heavy atom. The van der Waals surface area contributed by atoms with Gasteiger partial charge in [-0.05, 0) is 12.1 Å². The Kier molecular flexibility index (Phi) is 3.60. The van der Waals surface area contributed by atoms with E-state index < -0.39 is 17.7 Å². The van der Waals surface area contributed by atoms with Gasteiger partial charge in [0.2, 0.25) is 0 Å². The third-order valence-corrected chi connectivity index (χ3v) is 3.55. The van der Waals surface area contributed by atoms with E-state index in [0.717, 1.165) is 0 Å². The van der Waals surface area contributed by atoms with Gasteiger partial charge in [0.1, 0.15) is 11.4 Å². The summed E-state index contributed by atoms with van der Waals surface area (Å²) in [5, 5.41) is 0.215. The summed E-state index contributed by atoms with van der Waals surface area (Å²) in [6, 6.07) is 12.3. The summed E-state index contributed by atoms with van der Waals surface area (Å²) in [4.78, 5) is 14.9. The first-order chi connectivity index (χ1) is 10.9. The van der Waals surface area contributed by atoms with Gasteiger partial charge in [-0.2, -0.15) is 13.2 Å². The van der Waals surface area contributed by atoms with Crippen molar-refractivity contribution in [2.24, 2.45) is 0 Å². The Bertz CT molecular complexity index is 867. The van der Waals surface area contributed by atoms with Crippen LogP contribution < -0.4 is 4.74 Å². The number of aromatic amines is 1. The van der Waals surface area contributed by atoms with E-state index in [2.05, 4.69) is 4.98 Å². The topological polar surface area (TPSA) is 42.1 Å². The Hall–Kier alpha value is -2.76. The van der Waals surface area contributed by atoms with Crippen molar-refractivity contribution >= 4 is 16.7 Å². The van der Waals surface area contributed by atoms with Gasteiger partial charge in [0.05, 0.1) is 18.2 Å². The summed E-state index contributed by atoms with van der Waals surface area (Å²) in [5.41, 5.74) is -1.01. The molecule has 118 valence electrons. The molecule has 3 aromatic rings. The number of hydrogen-bond acceptors (Lipinski definition) is 2. The maximum atomic E-state index is 13.3. The predicted molar refractivity (Wildman–Crippen MR) is 79.7 cm³/mol. The molecule has 0 aliphatic carbocycles. The lowest BCUT2D eigenvalue weighted by Crippen LogP contribution is -2.13. The first-order valence-electron chi connectivity index (χ1n) is 6.78. The molecule has 3 rings (SSSR count). The van der Waals surface area contributed by atoms with Gasteiger partial charge in [0, 0.05) is 17.0 Å². The van der Waals surface area contributed by atoms with Crippen LogP contribution in [0.3, 0.4) is 0 Å². The third kappa shape index (κ3) is 2.67. The lowest BCUT2D eigenvalue weighted by atomic mass is 10.00. The lowest BCUT2D eigenvalue weighted by Gasteiger charge is -2.07. The molecule has 0 bridgehead atoms. The summed E-state index contributed by atoms with van der Waals surface area (Å²) in [5.74, 6) is -0.263. The van der Waals surface area contributed by atoms with Gasteiger partial charge in [0.25, 0.3) is 0 Å². The second kappa shape index (κ2) is 5.46. The molecule has 0 radical (unpaired) electrons. The van der Waals surface area contributed by atoms with Crippen molar-refractivity contribution in [1.82, 2.24) is 4.98 Å². The molecule has 0 spiro atoms. The van der Waals surface area contributed by atoms with Crippen LogP contribution >= 0.6 is 0 Å². The van der Waals surface area contributed by atoms with Crippen molar-refractivity contribution in [2.45, 2.75) is 6.18 Å². The number of fused-ring (bicyclic) bond motifs is 1. The van der Waals surface area contributed by atoms with Crippen LogP contribution in [0.2, 0.25) is 0 Å². The van der Waals surface area contributed by atoms with E-state index in [0.29, 0.717) is 5.75 Å². The number of ether oxygens (including phenoxy) is 1. The number of benzene rings is 2. The largest absolute Gasteiger partial charge is 0.497 e. The number of rotatable bonds is 3. The van der Waals surface area contributed by atoms with Gasteiger partial charge in [-0.15, -0.1) is 0 Å². The molecular formula is C17H12F3NO2. The van der Waals surface area contributed by atoms with Crippen molar-refractivity contribution < 1.29 is 22.7 Å². The van der Waals surface area contributed by atoms with Crippen LogP contribution in [-0.2, 0) is 6.18 Å². The second-order valence-electron chi connectivity index (χ2n) is 4.98. The molecule has 6 heteroatoms. The summed E-state index contributed by atoms with van der Waals surface area (Å²) in [7, 11) is 1.42. The number of alkyl halides is 3. The molecule has 23 heavy (non-hydrogen) atoms. The van der Waals surface area contributed by atoms with Crippen molar-refractivity contribution in [1.29, 1.82) is 0 Å². The molecule has 0 saturated heterocycles. The van der Waals surface area contributed by atoms with Gasteiger partial charge < -0.3 is 9.72 Å². The lowest BCUT2D eigenvalue weighted by molar-refractivity contribution is -0.140. The number of halogens is 3. The fraction of sp³-hybridized carbons (Fsp3) is 0.118. The highest BCUT2D eigenvalue weighted by Gasteiger charge is 2.38. The summed E-state index contributed by atoms with van der Waals surface area (Å²) < 4.78 is 45.0. The number of aromatic nitrogens is 1. The zero-order valence-electron chi connectivity index (χ0n) is 12.1. The fourth-order valence-electron chi connectivity index (χ4n) is 2.49. The van der Waals surface area contributed by atoms with E-state index in [1.165, 1.54) is 37.4 Å². The first kappa shape index (κ1) is 15.1. The Labute approximate surface area is 129 Å². The van der Waals surface area contributed by atoms with Crippen LogP contribution in [0.25, 0.3) is 10.9 Å². The van der Waals surface area contributed by atoms with E-state index in [1.807, 2.05) is 0 Å².